The van der Waals surface area contributed by atoms with Gasteiger partial charge in [0.15, 0.2) is 0 Å². The smallest absolute Gasteiger partial charge is 0.342 e. The molecule has 0 heterocycles. The van der Waals surface area contributed by atoms with Crippen LogP contribution in [0, 0.1) is 0 Å². The number of aliphatic hydroxyl groups excluding tert-OH is 2. The second-order valence-electron chi connectivity index (χ2n) is 4.03. The number of hydrogen-bond acceptors (Lipinski definition) is 9. The topological polar surface area (TPSA) is 153 Å². The molecule has 0 rings (SSSR count). The van der Waals surface area contributed by atoms with Crippen LogP contribution in [-0.4, -0.2) is 52.3 Å². The quantitative estimate of drug-likeness (QED) is 0.372. The maximum atomic E-state index is 11.3. The van der Waals surface area contributed by atoms with Crippen molar-refractivity contribution in [2.24, 2.45) is 5.73 Å². The van der Waals surface area contributed by atoms with E-state index >= 15 is 0 Å². The molecule has 0 aliphatic heterocycles. The van der Waals surface area contributed by atoms with Crippen LogP contribution in [-0.2, 0) is 28.7 Å². The third-order valence-electron chi connectivity index (χ3n) is 2.06. The molecule has 9 nitrogen and oxygen atoms in total. The molecule has 9 heteroatoms. The summed E-state index contributed by atoms with van der Waals surface area (Å²) < 4.78 is 8.43. The van der Waals surface area contributed by atoms with Gasteiger partial charge in [0.1, 0.15) is 18.2 Å². The van der Waals surface area contributed by atoms with Gasteiger partial charge in [-0.25, -0.2) is 14.4 Å². The number of hydrogen-bond donors (Lipinski definition) is 3. The van der Waals surface area contributed by atoms with Crippen LogP contribution in [0.2, 0.25) is 0 Å². The van der Waals surface area contributed by atoms with Gasteiger partial charge in [0.25, 0.3) is 0 Å². The van der Waals surface area contributed by atoms with Gasteiger partial charge in [-0.3, -0.25) is 4.79 Å². The van der Waals surface area contributed by atoms with E-state index in [-0.39, 0.29) is 12.8 Å². The lowest BCUT2D eigenvalue weighted by molar-refractivity contribution is -0.166. The van der Waals surface area contributed by atoms with E-state index in [2.05, 4.69) is 9.47 Å². The molecule has 0 radical (unpaired) electrons. The van der Waals surface area contributed by atoms with Crippen LogP contribution in [0.25, 0.3) is 0 Å². The summed E-state index contributed by atoms with van der Waals surface area (Å²) in [6.07, 6.45) is -3.52. The first kappa shape index (κ1) is 18.2. The fourth-order valence-corrected chi connectivity index (χ4v) is 0.900. The molecule has 0 amide bonds. The van der Waals surface area contributed by atoms with Gasteiger partial charge in [-0.1, -0.05) is 0 Å². The summed E-state index contributed by atoms with van der Waals surface area (Å²) >= 11 is 0. The average molecular weight is 291 g/mol. The third kappa shape index (κ3) is 6.92. The average Bonchev–Trinajstić information content (AvgIpc) is 2.35. The van der Waals surface area contributed by atoms with Crippen molar-refractivity contribution < 1.29 is 38.9 Å². The standard InChI is InChI=1S/C11H17NO8/c1-5(13)9(16)19-8(15)4-3-7(12)11(18)20-10(17)6(2)14/h5-7,13-14H,3-4,12H2,1-2H3/t5?,6?,7-/m0/s1. The zero-order valence-electron chi connectivity index (χ0n) is 11.1. The summed E-state index contributed by atoms with van der Waals surface area (Å²) in [5.41, 5.74) is 5.35. The molecule has 0 saturated carbocycles. The summed E-state index contributed by atoms with van der Waals surface area (Å²) in [6.45, 7) is 2.24. The Morgan fingerprint density at radius 3 is 1.85 bits per heavy atom. The van der Waals surface area contributed by atoms with Gasteiger partial charge < -0.3 is 25.4 Å². The van der Waals surface area contributed by atoms with E-state index in [1.54, 1.807) is 0 Å². The number of carbonyl (C=O) groups excluding carboxylic acids is 4. The Labute approximate surface area is 114 Å². The van der Waals surface area contributed by atoms with Crippen molar-refractivity contribution in [1.82, 2.24) is 0 Å². The van der Waals surface area contributed by atoms with Crippen molar-refractivity contribution in [2.45, 2.75) is 44.9 Å². The highest BCUT2D eigenvalue weighted by Crippen LogP contribution is 2.02. The van der Waals surface area contributed by atoms with Crippen molar-refractivity contribution in [3.8, 4) is 0 Å². The Morgan fingerprint density at radius 1 is 0.950 bits per heavy atom. The minimum absolute atomic E-state index is 0.224. The van der Waals surface area contributed by atoms with E-state index in [1.165, 1.54) is 0 Å². The minimum atomic E-state index is -1.47. The van der Waals surface area contributed by atoms with E-state index in [0.29, 0.717) is 0 Å². The first-order chi connectivity index (χ1) is 9.15. The Kier molecular flexibility index (Phi) is 7.59. The van der Waals surface area contributed by atoms with E-state index in [9.17, 15) is 19.2 Å². The number of ether oxygens (including phenoxy) is 2. The lowest BCUT2D eigenvalue weighted by Crippen LogP contribution is -2.36. The second-order valence-corrected chi connectivity index (χ2v) is 4.03. The fourth-order valence-electron chi connectivity index (χ4n) is 0.900. The molecule has 114 valence electrons. The summed E-state index contributed by atoms with van der Waals surface area (Å²) in [4.78, 5) is 44.2. The van der Waals surface area contributed by atoms with Gasteiger partial charge >= 0.3 is 23.9 Å². The SMILES string of the molecule is CC(O)C(=O)OC(=O)CC[C@H](N)C(=O)OC(=O)C(C)O. The maximum Gasteiger partial charge on any atom is 0.342 e. The second kappa shape index (κ2) is 8.35. The summed E-state index contributed by atoms with van der Waals surface area (Å²) in [7, 11) is 0. The molecule has 4 N–H and O–H groups in total. The van der Waals surface area contributed by atoms with E-state index < -0.39 is 42.1 Å². The van der Waals surface area contributed by atoms with Crippen molar-refractivity contribution in [1.29, 1.82) is 0 Å². The molecule has 0 aromatic heterocycles. The number of carbonyl (C=O) groups is 4. The van der Waals surface area contributed by atoms with Crippen LogP contribution in [0.3, 0.4) is 0 Å². The molecule has 2 unspecified atom stereocenters. The first-order valence-corrected chi connectivity index (χ1v) is 5.77. The summed E-state index contributed by atoms with van der Waals surface area (Å²) in [6, 6.07) is -1.29. The molecular formula is C11H17NO8. The molecule has 0 spiro atoms. The molecule has 3 atom stereocenters. The predicted molar refractivity (Wildman–Crippen MR) is 62.8 cm³/mol. The normalized spacial score (nSPS) is 14.8. The van der Waals surface area contributed by atoms with Crippen LogP contribution in [0.5, 0.6) is 0 Å². The monoisotopic (exact) mass is 291 g/mol. The highest BCUT2D eigenvalue weighted by molar-refractivity contribution is 5.91. The zero-order valence-corrected chi connectivity index (χ0v) is 11.1. The molecule has 0 aliphatic rings. The van der Waals surface area contributed by atoms with Crippen LogP contribution < -0.4 is 5.73 Å². The molecule has 0 aromatic carbocycles. The first-order valence-electron chi connectivity index (χ1n) is 5.77. The number of rotatable bonds is 6. The zero-order chi connectivity index (χ0) is 15.9. The predicted octanol–water partition coefficient (Wildman–Crippen LogP) is -2.00. The molecule has 0 aromatic rings. The Morgan fingerprint density at radius 2 is 1.40 bits per heavy atom. The number of esters is 4. The summed E-state index contributed by atoms with van der Waals surface area (Å²) in [5, 5.41) is 17.6. The van der Waals surface area contributed by atoms with Gasteiger partial charge in [0.05, 0.1) is 0 Å². The van der Waals surface area contributed by atoms with Crippen molar-refractivity contribution in [3.63, 3.8) is 0 Å². The largest absolute Gasteiger partial charge is 0.391 e. The van der Waals surface area contributed by atoms with Crippen LogP contribution >= 0.6 is 0 Å². The lowest BCUT2D eigenvalue weighted by Gasteiger charge is -2.11. The summed E-state index contributed by atoms with van der Waals surface area (Å²) in [5.74, 6) is -4.35. The molecule has 0 aliphatic carbocycles. The molecule has 0 fully saturated rings. The van der Waals surface area contributed by atoms with E-state index in [0.717, 1.165) is 13.8 Å². The molecule has 0 saturated heterocycles. The van der Waals surface area contributed by atoms with Crippen molar-refractivity contribution in [3.05, 3.63) is 0 Å². The van der Waals surface area contributed by atoms with Crippen LogP contribution in [0.15, 0.2) is 0 Å². The van der Waals surface area contributed by atoms with Crippen molar-refractivity contribution in [2.75, 3.05) is 0 Å². The van der Waals surface area contributed by atoms with Gasteiger partial charge in [-0.05, 0) is 20.3 Å². The lowest BCUT2D eigenvalue weighted by atomic mass is 10.2. The van der Waals surface area contributed by atoms with E-state index in [1.807, 2.05) is 0 Å². The van der Waals surface area contributed by atoms with Gasteiger partial charge in [-0.15, -0.1) is 0 Å². The molecule has 0 bridgehead atoms. The van der Waals surface area contributed by atoms with Gasteiger partial charge in [0.2, 0.25) is 0 Å². The number of nitrogens with two attached hydrogens (primary N) is 1. The molecule has 20 heavy (non-hydrogen) atoms. The number of aliphatic hydroxyl groups is 2. The molecular weight excluding hydrogens is 274 g/mol. The van der Waals surface area contributed by atoms with Gasteiger partial charge in [0, 0.05) is 6.42 Å². The maximum absolute atomic E-state index is 11.3. The Hall–Kier alpha value is -1.84. The Bertz CT molecular complexity index is 390. The highest BCUT2D eigenvalue weighted by atomic mass is 16.6. The minimum Gasteiger partial charge on any atom is -0.391 e. The van der Waals surface area contributed by atoms with Gasteiger partial charge in [-0.2, -0.15) is 0 Å². The van der Waals surface area contributed by atoms with Crippen LogP contribution in [0.1, 0.15) is 26.7 Å². The highest BCUT2D eigenvalue weighted by Gasteiger charge is 2.23. The van der Waals surface area contributed by atoms with Crippen molar-refractivity contribution >= 4 is 23.9 Å². The van der Waals surface area contributed by atoms with Crippen LogP contribution in [0.4, 0.5) is 0 Å². The van der Waals surface area contributed by atoms with E-state index in [4.69, 9.17) is 15.9 Å². The third-order valence-corrected chi connectivity index (χ3v) is 2.06. The Balaban J connectivity index is 4.12. The fraction of sp³-hybridized carbons (Fsp3) is 0.636.